The number of rotatable bonds is 4. The van der Waals surface area contributed by atoms with Gasteiger partial charge in [0.1, 0.15) is 5.84 Å². The Morgan fingerprint density at radius 1 is 1.42 bits per heavy atom. The monoisotopic (exact) mass is 323 g/mol. The Morgan fingerprint density at radius 2 is 2.11 bits per heavy atom. The third kappa shape index (κ3) is 3.50. The first kappa shape index (κ1) is 14.4. The summed E-state index contributed by atoms with van der Waals surface area (Å²) in [6, 6.07) is 5.96. The Kier molecular flexibility index (Phi) is 4.86. The molecule has 0 radical (unpaired) electrons. The third-order valence-corrected chi connectivity index (χ3v) is 4.40. The van der Waals surface area contributed by atoms with E-state index < -0.39 is 0 Å². The molecule has 1 heterocycles. The van der Waals surface area contributed by atoms with E-state index >= 15 is 0 Å². The van der Waals surface area contributed by atoms with Gasteiger partial charge in [-0.05, 0) is 37.0 Å². The van der Waals surface area contributed by atoms with Gasteiger partial charge in [-0.2, -0.15) is 0 Å². The van der Waals surface area contributed by atoms with Crippen LogP contribution in [-0.2, 0) is 0 Å². The number of hydrogen-bond donors (Lipinski definition) is 2. The fourth-order valence-corrected chi connectivity index (χ4v) is 3.21. The van der Waals surface area contributed by atoms with Gasteiger partial charge in [-0.25, -0.2) is 0 Å². The van der Waals surface area contributed by atoms with Crippen LogP contribution in [0.25, 0.3) is 0 Å². The summed E-state index contributed by atoms with van der Waals surface area (Å²) in [6.45, 7) is 4.40. The summed E-state index contributed by atoms with van der Waals surface area (Å²) in [5, 5.41) is 7.71. The van der Waals surface area contributed by atoms with Gasteiger partial charge in [0.05, 0.1) is 0 Å². The van der Waals surface area contributed by atoms with Crippen molar-refractivity contribution in [2.75, 3.05) is 18.0 Å². The van der Waals surface area contributed by atoms with Crippen molar-refractivity contribution in [3.05, 3.63) is 28.2 Å². The van der Waals surface area contributed by atoms with Crippen LogP contribution in [0.15, 0.2) is 22.7 Å². The minimum Gasteiger partial charge on any atom is -0.384 e. The van der Waals surface area contributed by atoms with Crippen molar-refractivity contribution in [1.82, 2.24) is 0 Å². The predicted octanol–water partition coefficient (Wildman–Crippen LogP) is 3.75. The first-order chi connectivity index (χ1) is 9.11. The van der Waals surface area contributed by atoms with Crippen molar-refractivity contribution in [1.29, 1.82) is 5.41 Å². The second kappa shape index (κ2) is 6.42. The minimum absolute atomic E-state index is 0.151. The fraction of sp³-hybridized carbons (Fsp3) is 0.533. The lowest BCUT2D eigenvalue weighted by atomic mass is 9.92. The van der Waals surface area contributed by atoms with E-state index in [1.807, 2.05) is 12.1 Å². The summed E-state index contributed by atoms with van der Waals surface area (Å²) >= 11 is 3.51. The highest BCUT2D eigenvalue weighted by Gasteiger charge is 2.21. The van der Waals surface area contributed by atoms with Crippen LogP contribution < -0.4 is 10.6 Å². The van der Waals surface area contributed by atoms with Crippen molar-refractivity contribution in [2.45, 2.75) is 32.6 Å². The van der Waals surface area contributed by atoms with Crippen LogP contribution in [-0.4, -0.2) is 18.9 Å². The molecule has 0 bridgehead atoms. The van der Waals surface area contributed by atoms with E-state index in [9.17, 15) is 0 Å². The Bertz CT molecular complexity index is 451. The molecule has 1 fully saturated rings. The standard InChI is InChI=1S/C15H22BrN3/c1-2-3-11-6-8-19(9-7-11)14-10-12(16)4-5-13(14)15(17)18/h4-5,10-11H,2-3,6-9H2,1H3,(H3,17,18). The smallest absolute Gasteiger partial charge is 0.124 e. The van der Waals surface area contributed by atoms with Crippen molar-refractivity contribution < 1.29 is 0 Å². The van der Waals surface area contributed by atoms with Gasteiger partial charge in [0, 0.05) is 28.8 Å². The van der Waals surface area contributed by atoms with Crippen LogP contribution in [0.3, 0.4) is 0 Å². The van der Waals surface area contributed by atoms with Gasteiger partial charge in [0.15, 0.2) is 0 Å². The van der Waals surface area contributed by atoms with E-state index in [4.69, 9.17) is 11.1 Å². The Balaban J connectivity index is 2.14. The average molecular weight is 324 g/mol. The molecule has 104 valence electrons. The number of nitrogens with one attached hydrogen (secondary N) is 1. The molecule has 19 heavy (non-hydrogen) atoms. The highest BCUT2D eigenvalue weighted by molar-refractivity contribution is 9.10. The van der Waals surface area contributed by atoms with Crippen LogP contribution in [0, 0.1) is 11.3 Å². The first-order valence-corrected chi connectivity index (χ1v) is 7.80. The highest BCUT2D eigenvalue weighted by atomic mass is 79.9. The topological polar surface area (TPSA) is 53.1 Å². The van der Waals surface area contributed by atoms with Gasteiger partial charge in [-0.1, -0.05) is 35.7 Å². The van der Waals surface area contributed by atoms with Gasteiger partial charge in [-0.15, -0.1) is 0 Å². The second-order valence-corrected chi connectivity index (χ2v) is 6.21. The van der Waals surface area contributed by atoms with Gasteiger partial charge in [0.2, 0.25) is 0 Å². The summed E-state index contributed by atoms with van der Waals surface area (Å²) in [7, 11) is 0. The molecule has 1 aromatic carbocycles. The Morgan fingerprint density at radius 3 is 2.68 bits per heavy atom. The van der Waals surface area contributed by atoms with Crippen molar-refractivity contribution >= 4 is 27.5 Å². The molecule has 1 saturated heterocycles. The Hall–Kier alpha value is -1.03. The molecule has 0 aliphatic carbocycles. The lowest BCUT2D eigenvalue weighted by Gasteiger charge is -2.34. The number of piperidine rings is 1. The van der Waals surface area contributed by atoms with Crippen molar-refractivity contribution in [2.24, 2.45) is 11.7 Å². The Labute approximate surface area is 123 Å². The number of nitrogen functional groups attached to an aromatic ring is 1. The molecule has 0 saturated carbocycles. The number of hydrogen-bond acceptors (Lipinski definition) is 2. The predicted molar refractivity (Wildman–Crippen MR) is 85.0 cm³/mol. The largest absolute Gasteiger partial charge is 0.384 e. The quantitative estimate of drug-likeness (QED) is 0.655. The maximum Gasteiger partial charge on any atom is 0.124 e. The normalized spacial score (nSPS) is 16.6. The van der Waals surface area contributed by atoms with Crippen LogP contribution in [0.1, 0.15) is 38.2 Å². The van der Waals surface area contributed by atoms with Crippen LogP contribution in [0.2, 0.25) is 0 Å². The van der Waals surface area contributed by atoms with Gasteiger partial charge < -0.3 is 10.6 Å². The first-order valence-electron chi connectivity index (χ1n) is 7.00. The summed E-state index contributed by atoms with van der Waals surface area (Å²) < 4.78 is 1.04. The third-order valence-electron chi connectivity index (χ3n) is 3.90. The fourth-order valence-electron chi connectivity index (χ4n) is 2.86. The average Bonchev–Trinajstić information content (AvgIpc) is 2.39. The van der Waals surface area contributed by atoms with E-state index in [1.54, 1.807) is 0 Å². The maximum absolute atomic E-state index is 7.71. The zero-order valence-electron chi connectivity index (χ0n) is 11.5. The molecule has 4 heteroatoms. The van der Waals surface area contributed by atoms with Crippen molar-refractivity contribution in [3.8, 4) is 0 Å². The molecule has 1 aromatic rings. The lowest BCUT2D eigenvalue weighted by molar-refractivity contribution is 0.378. The van der Waals surface area contributed by atoms with E-state index in [2.05, 4.69) is 33.8 Å². The number of anilines is 1. The second-order valence-electron chi connectivity index (χ2n) is 5.29. The van der Waals surface area contributed by atoms with Gasteiger partial charge >= 0.3 is 0 Å². The van der Waals surface area contributed by atoms with Crippen LogP contribution >= 0.6 is 15.9 Å². The number of halogens is 1. The lowest BCUT2D eigenvalue weighted by Crippen LogP contribution is -2.35. The molecule has 1 aliphatic heterocycles. The summed E-state index contributed by atoms with van der Waals surface area (Å²) in [6.07, 6.45) is 5.11. The molecule has 1 aliphatic rings. The van der Waals surface area contributed by atoms with Crippen molar-refractivity contribution in [3.63, 3.8) is 0 Å². The molecule has 0 spiro atoms. The summed E-state index contributed by atoms with van der Waals surface area (Å²) in [5.74, 6) is 1.02. The minimum atomic E-state index is 0.151. The molecule has 2 rings (SSSR count). The van der Waals surface area contributed by atoms with E-state index in [0.29, 0.717) is 0 Å². The molecule has 0 unspecified atom stereocenters. The van der Waals surface area contributed by atoms with E-state index in [1.165, 1.54) is 25.7 Å². The zero-order chi connectivity index (χ0) is 13.8. The van der Waals surface area contributed by atoms with Gasteiger partial charge in [0.25, 0.3) is 0 Å². The number of amidine groups is 1. The number of nitrogens with two attached hydrogens (primary N) is 1. The molecule has 0 amide bonds. The van der Waals surface area contributed by atoms with Crippen LogP contribution in [0.5, 0.6) is 0 Å². The summed E-state index contributed by atoms with van der Waals surface area (Å²) in [4.78, 5) is 2.37. The molecule has 3 nitrogen and oxygen atoms in total. The molecule has 0 aromatic heterocycles. The number of benzene rings is 1. The molecule has 3 N–H and O–H groups in total. The highest BCUT2D eigenvalue weighted by Crippen LogP contribution is 2.30. The van der Waals surface area contributed by atoms with Crippen LogP contribution in [0.4, 0.5) is 5.69 Å². The van der Waals surface area contributed by atoms with E-state index in [0.717, 1.165) is 34.7 Å². The molecular weight excluding hydrogens is 302 g/mol. The van der Waals surface area contributed by atoms with E-state index in [-0.39, 0.29) is 5.84 Å². The zero-order valence-corrected chi connectivity index (χ0v) is 13.0. The maximum atomic E-state index is 7.71. The SMILES string of the molecule is CCCC1CCN(c2cc(Br)ccc2C(=N)N)CC1. The molecule has 0 atom stereocenters. The summed E-state index contributed by atoms with van der Waals surface area (Å²) in [5.41, 5.74) is 7.63. The van der Waals surface area contributed by atoms with Gasteiger partial charge in [-0.3, -0.25) is 5.41 Å². The number of nitrogens with zero attached hydrogens (tertiary/aromatic N) is 1. The molecular formula is C15H22BrN3.